The van der Waals surface area contributed by atoms with Crippen molar-refractivity contribution in [2.45, 2.75) is 0 Å². The van der Waals surface area contributed by atoms with E-state index in [4.69, 9.17) is 15.3 Å². The molecule has 0 aromatic heterocycles. The average Bonchev–Trinajstić information content (AvgIpc) is 0.811. The zero-order valence-electron chi connectivity index (χ0n) is 1.71. The molecule has 0 bridgehead atoms. The molecule has 4 nitrogen and oxygen atoms in total. The third-order valence-corrected chi connectivity index (χ3v) is 0. The van der Waals surface area contributed by atoms with E-state index < -0.39 is 5.09 Å². The Kier molecular flexibility index (Phi) is 27.5. The zero-order chi connectivity index (χ0) is 3.58. The Labute approximate surface area is 120 Å². The third kappa shape index (κ3) is 31.7. The van der Waals surface area contributed by atoms with Crippen molar-refractivity contribution in [1.29, 1.82) is 0 Å². The summed E-state index contributed by atoms with van der Waals surface area (Å²) in [5.41, 5.74) is 0. The predicted octanol–water partition coefficient (Wildman–Crippen LogP) is -1.64. The molecule has 0 aromatic carbocycles. The van der Waals surface area contributed by atoms with Gasteiger partial charge in [0.1, 0.15) is 0 Å². The first-order chi connectivity index (χ1) is 1.73. The van der Waals surface area contributed by atoms with Gasteiger partial charge >= 0.3 is 103 Å². The first-order valence-electron chi connectivity index (χ1n) is 0.565. The summed E-state index contributed by atoms with van der Waals surface area (Å²) in [6, 6.07) is 0. The van der Waals surface area contributed by atoms with E-state index >= 15 is 0 Å². The Balaban J connectivity index is -0.0000000450. The number of hydrogen-bond acceptors (Lipinski definition) is 2. The van der Waals surface area contributed by atoms with Crippen LogP contribution in [0.15, 0.2) is 0 Å². The Morgan fingerprint density at radius 2 is 1.50 bits per heavy atom. The normalized spacial score (nSPS) is 4.00. The summed E-state index contributed by atoms with van der Waals surface area (Å²) in [5, 5.41) is 13.6. The first kappa shape index (κ1) is 15.8. The molecule has 0 spiro atoms. The standard InChI is InChI=1S/2K.HNO3.2H/c;;2-1(3)4;;/h;;(H,2,3,4);;. The van der Waals surface area contributed by atoms with Gasteiger partial charge in [-0.25, -0.2) is 0 Å². The van der Waals surface area contributed by atoms with Gasteiger partial charge < -0.3 is 5.21 Å². The SMILES string of the molecule is O=[N+]([O-])O.[KH].[KH]. The van der Waals surface area contributed by atoms with E-state index in [1.165, 1.54) is 0 Å². The topological polar surface area (TPSA) is 63.4 Å². The van der Waals surface area contributed by atoms with Crippen LogP contribution in [0.3, 0.4) is 0 Å². The summed E-state index contributed by atoms with van der Waals surface area (Å²) in [6.07, 6.45) is 0. The summed E-state index contributed by atoms with van der Waals surface area (Å²) in [4.78, 5) is 8.36. The zero-order valence-corrected chi connectivity index (χ0v) is 1.71. The van der Waals surface area contributed by atoms with Crippen LogP contribution in [0.1, 0.15) is 0 Å². The molecule has 0 aliphatic rings. The molecule has 0 saturated carbocycles. The molecule has 0 saturated heterocycles. The van der Waals surface area contributed by atoms with Crippen LogP contribution in [0, 0.1) is 10.1 Å². The van der Waals surface area contributed by atoms with Gasteiger partial charge in [-0.3, -0.25) is 0 Å². The monoisotopic (exact) mass is 143 g/mol. The molecule has 0 amide bonds. The van der Waals surface area contributed by atoms with Crippen molar-refractivity contribution in [3.05, 3.63) is 10.1 Å². The van der Waals surface area contributed by atoms with Crippen molar-refractivity contribution < 1.29 is 10.3 Å². The van der Waals surface area contributed by atoms with Gasteiger partial charge in [0.2, 0.25) is 0 Å². The molecule has 6 heteroatoms. The minimum atomic E-state index is -1.50. The second-order valence-electron chi connectivity index (χ2n) is 0.238. The number of rotatable bonds is 0. The van der Waals surface area contributed by atoms with Gasteiger partial charge in [-0.1, -0.05) is 0 Å². The fourth-order valence-electron chi connectivity index (χ4n) is 0. The van der Waals surface area contributed by atoms with E-state index in [1.807, 2.05) is 0 Å². The maximum absolute atomic E-state index is 8.36. The molecule has 0 atom stereocenters. The van der Waals surface area contributed by atoms with E-state index in [1.54, 1.807) is 0 Å². The molecule has 0 unspecified atom stereocenters. The van der Waals surface area contributed by atoms with E-state index in [9.17, 15) is 0 Å². The van der Waals surface area contributed by atoms with Crippen LogP contribution in [0.25, 0.3) is 0 Å². The van der Waals surface area contributed by atoms with Crippen LogP contribution in [0.5, 0.6) is 0 Å². The summed E-state index contributed by atoms with van der Waals surface area (Å²) < 4.78 is 0. The minimum absolute atomic E-state index is 0. The Bertz CT molecular complexity index is 31.8. The molecular formula is H3K2NO3. The van der Waals surface area contributed by atoms with Crippen molar-refractivity contribution in [2.24, 2.45) is 0 Å². The van der Waals surface area contributed by atoms with Gasteiger partial charge in [0.25, 0.3) is 5.09 Å². The molecule has 1 N–H and O–H groups in total. The first-order valence-corrected chi connectivity index (χ1v) is 0.565. The summed E-state index contributed by atoms with van der Waals surface area (Å²) >= 11 is 0. The molecule has 0 radical (unpaired) electrons. The Hall–Kier alpha value is 2.47. The van der Waals surface area contributed by atoms with Crippen molar-refractivity contribution in [3.63, 3.8) is 0 Å². The molecule has 0 aliphatic heterocycles. The molecule has 0 heterocycles. The van der Waals surface area contributed by atoms with E-state index in [2.05, 4.69) is 0 Å². The van der Waals surface area contributed by atoms with Crippen LogP contribution in [0.2, 0.25) is 0 Å². The Morgan fingerprint density at radius 3 is 1.50 bits per heavy atom. The Morgan fingerprint density at radius 1 is 1.50 bits per heavy atom. The average molecular weight is 143 g/mol. The van der Waals surface area contributed by atoms with Crippen LogP contribution in [-0.4, -0.2) is 113 Å². The van der Waals surface area contributed by atoms with Crippen LogP contribution in [0.4, 0.5) is 0 Å². The molecule has 0 aliphatic carbocycles. The predicted molar refractivity (Wildman–Crippen MR) is 23.1 cm³/mol. The van der Waals surface area contributed by atoms with Crippen molar-refractivity contribution >= 4 is 103 Å². The second-order valence-corrected chi connectivity index (χ2v) is 0.238. The van der Waals surface area contributed by atoms with E-state index in [-0.39, 0.29) is 103 Å². The van der Waals surface area contributed by atoms with Gasteiger partial charge in [0.15, 0.2) is 0 Å². The molecule has 28 valence electrons. The molecule has 6 heavy (non-hydrogen) atoms. The third-order valence-electron chi connectivity index (χ3n) is 0. The van der Waals surface area contributed by atoms with Gasteiger partial charge in [-0.05, 0) is 0 Å². The number of nitrogens with zero attached hydrogens (tertiary/aromatic N) is 1. The fourth-order valence-corrected chi connectivity index (χ4v) is 0. The van der Waals surface area contributed by atoms with Gasteiger partial charge in [-0.2, -0.15) is 0 Å². The summed E-state index contributed by atoms with van der Waals surface area (Å²) in [6.45, 7) is 0. The molecule has 0 rings (SSSR count). The van der Waals surface area contributed by atoms with E-state index in [0.717, 1.165) is 0 Å². The van der Waals surface area contributed by atoms with Crippen LogP contribution in [-0.2, 0) is 0 Å². The molecule has 0 fully saturated rings. The second kappa shape index (κ2) is 10.5. The van der Waals surface area contributed by atoms with Gasteiger partial charge in [0, 0.05) is 0 Å². The number of hydrogen-bond donors (Lipinski definition) is 1. The maximum atomic E-state index is 8.36. The van der Waals surface area contributed by atoms with Crippen molar-refractivity contribution in [1.82, 2.24) is 0 Å². The molecule has 0 aromatic rings. The van der Waals surface area contributed by atoms with Gasteiger partial charge in [-0.15, -0.1) is 10.1 Å². The summed E-state index contributed by atoms with van der Waals surface area (Å²) in [7, 11) is 0. The van der Waals surface area contributed by atoms with Gasteiger partial charge in [0.05, 0.1) is 0 Å². The van der Waals surface area contributed by atoms with Crippen molar-refractivity contribution in [2.75, 3.05) is 0 Å². The van der Waals surface area contributed by atoms with Crippen molar-refractivity contribution in [3.8, 4) is 0 Å². The summed E-state index contributed by atoms with van der Waals surface area (Å²) in [5.74, 6) is 0. The van der Waals surface area contributed by atoms with E-state index in [0.29, 0.717) is 0 Å². The van der Waals surface area contributed by atoms with Crippen LogP contribution >= 0.6 is 0 Å². The quantitative estimate of drug-likeness (QED) is 0.251. The van der Waals surface area contributed by atoms with Crippen LogP contribution < -0.4 is 0 Å². The molecular weight excluding hydrogens is 140 g/mol. The fraction of sp³-hybridized carbons (Fsp3) is 0.